The molecular formula is C41H45ClN7O3+. The maximum absolute atomic E-state index is 14.7. The van der Waals surface area contributed by atoms with Crippen molar-refractivity contribution >= 4 is 34.8 Å². The van der Waals surface area contributed by atoms with Gasteiger partial charge in [0.2, 0.25) is 0 Å². The molecule has 0 aliphatic carbocycles. The quantitative estimate of drug-likeness (QED) is 0.0953. The molecule has 0 saturated heterocycles. The van der Waals surface area contributed by atoms with E-state index in [1.165, 1.54) is 17.7 Å². The van der Waals surface area contributed by atoms with Crippen molar-refractivity contribution in [3.05, 3.63) is 123 Å². The average Bonchev–Trinajstić information content (AvgIpc) is 3.57. The van der Waals surface area contributed by atoms with Crippen LogP contribution in [0.15, 0.2) is 78.9 Å². The van der Waals surface area contributed by atoms with Gasteiger partial charge in [0.25, 0.3) is 11.8 Å². The number of aromatic hydroxyl groups is 1. The molecule has 0 fully saturated rings. The Morgan fingerprint density at radius 2 is 1.65 bits per heavy atom. The number of nitriles is 1. The molecule has 0 saturated carbocycles. The number of nitrogens with two attached hydrogens (primary N) is 1. The van der Waals surface area contributed by atoms with Crippen LogP contribution in [0.1, 0.15) is 61.8 Å². The highest BCUT2D eigenvalue weighted by Crippen LogP contribution is 2.37. The molecule has 1 aliphatic rings. The van der Waals surface area contributed by atoms with Crippen LogP contribution in [0, 0.1) is 25.2 Å². The van der Waals surface area contributed by atoms with Crippen molar-refractivity contribution < 1.29 is 19.3 Å². The fraction of sp³-hybridized carbons (Fsp3) is 0.293. The number of phenolic OH excluding ortho intramolecular Hbond substituents is 1. The van der Waals surface area contributed by atoms with Gasteiger partial charge in [0, 0.05) is 72.0 Å². The number of amides is 2. The highest BCUT2D eigenvalue weighted by Gasteiger charge is 2.33. The first-order chi connectivity index (χ1) is 24.7. The van der Waals surface area contributed by atoms with E-state index in [-0.39, 0.29) is 23.6 Å². The molecule has 3 heterocycles. The number of anilines is 2. The average molecular weight is 719 g/mol. The number of benzene rings is 3. The summed E-state index contributed by atoms with van der Waals surface area (Å²) in [4.78, 5) is 33.0. The largest absolute Gasteiger partial charge is 0.508 e. The number of nitrogens with zero attached hydrogens (tertiary/aromatic N) is 6. The highest BCUT2D eigenvalue weighted by atomic mass is 35.5. The summed E-state index contributed by atoms with van der Waals surface area (Å²) in [6.45, 7) is 4.99. The highest BCUT2D eigenvalue weighted by molar-refractivity contribution is 6.31. The summed E-state index contributed by atoms with van der Waals surface area (Å²) in [7, 11) is 7.59. The Hall–Kier alpha value is -5.34. The van der Waals surface area contributed by atoms with E-state index in [0.717, 1.165) is 37.1 Å². The van der Waals surface area contributed by atoms with Gasteiger partial charge in [-0.2, -0.15) is 11.1 Å². The Bertz CT molecular complexity index is 2200. The molecule has 0 unspecified atom stereocenters. The molecular weight excluding hydrogens is 674 g/mol. The third kappa shape index (κ3) is 7.08. The molecule has 10 nitrogen and oxygen atoms in total. The van der Waals surface area contributed by atoms with Crippen LogP contribution in [0.4, 0.5) is 11.4 Å². The Labute approximate surface area is 310 Å². The van der Waals surface area contributed by atoms with Crippen molar-refractivity contribution in [2.75, 3.05) is 25.5 Å². The zero-order valence-electron chi connectivity index (χ0n) is 30.5. The van der Waals surface area contributed by atoms with Gasteiger partial charge < -0.3 is 19.1 Å². The van der Waals surface area contributed by atoms with Crippen molar-refractivity contribution in [1.82, 2.24) is 14.0 Å². The molecule has 11 heteroatoms. The lowest BCUT2D eigenvalue weighted by Gasteiger charge is -2.38. The maximum atomic E-state index is 14.7. The third-order valence-electron chi connectivity index (χ3n) is 10.3. The van der Waals surface area contributed by atoms with Gasteiger partial charge in [-0.1, -0.05) is 35.9 Å². The van der Waals surface area contributed by atoms with Crippen molar-refractivity contribution in [3.63, 3.8) is 0 Å². The number of hydrogen-bond donors (Lipinski definition) is 2. The minimum Gasteiger partial charge on any atom is -0.508 e. The number of hydrogen-bond acceptors (Lipinski definition) is 5. The number of fused-ring (bicyclic) bond motifs is 1. The summed E-state index contributed by atoms with van der Waals surface area (Å²) in [6, 6.07) is 25.6. The number of phenols is 1. The second kappa shape index (κ2) is 14.4. The number of quaternary nitrogens is 1. The molecule has 52 heavy (non-hydrogen) atoms. The number of rotatable bonds is 9. The van der Waals surface area contributed by atoms with Crippen LogP contribution in [0.3, 0.4) is 0 Å². The van der Waals surface area contributed by atoms with Crippen LogP contribution in [0.5, 0.6) is 5.75 Å². The van der Waals surface area contributed by atoms with Gasteiger partial charge in [-0.15, -0.1) is 0 Å². The summed E-state index contributed by atoms with van der Waals surface area (Å²) in [5.41, 5.74) is 7.47. The van der Waals surface area contributed by atoms with E-state index in [9.17, 15) is 20.0 Å². The van der Waals surface area contributed by atoms with Crippen molar-refractivity contribution in [2.45, 2.75) is 45.7 Å². The second-order valence-electron chi connectivity index (χ2n) is 14.3. The zero-order valence-corrected chi connectivity index (χ0v) is 31.3. The minimum atomic E-state index is -0.327. The Kier molecular flexibility index (Phi) is 10.1. The molecule has 6 rings (SSSR count). The molecule has 0 radical (unpaired) electrons. The molecule has 0 spiro atoms. The third-order valence-corrected chi connectivity index (χ3v) is 10.6. The lowest BCUT2D eigenvalue weighted by Crippen LogP contribution is -2.48. The minimum absolute atomic E-state index is 0.0175. The van der Waals surface area contributed by atoms with E-state index in [0.29, 0.717) is 61.3 Å². The van der Waals surface area contributed by atoms with E-state index in [4.69, 9.17) is 17.4 Å². The van der Waals surface area contributed by atoms with E-state index in [1.807, 2.05) is 56.6 Å². The SMILES string of the molecule is Cc1c(N(C(=O)c2cc(-c3cc(Cl)ccc3C(=O)N3Cc4ccccc4C[C@H]3CCC[N+](C)(C)N)n(C)c2C)c2ccc(O)cc2)cc(C#N)n1C. The topological polar surface area (TPSA) is 121 Å². The van der Waals surface area contributed by atoms with Gasteiger partial charge in [0.05, 0.1) is 31.9 Å². The Balaban J connectivity index is 1.42. The normalized spacial score (nSPS) is 14.2. The van der Waals surface area contributed by atoms with Crippen LogP contribution in [-0.2, 0) is 27.1 Å². The van der Waals surface area contributed by atoms with Gasteiger partial charge in [-0.05, 0) is 92.4 Å². The van der Waals surface area contributed by atoms with Crippen LogP contribution >= 0.6 is 11.6 Å². The lowest BCUT2D eigenvalue weighted by molar-refractivity contribution is -0.902. The molecule has 5 aromatic rings. The summed E-state index contributed by atoms with van der Waals surface area (Å²) in [5, 5.41) is 20.3. The number of halogens is 1. The Morgan fingerprint density at radius 1 is 0.962 bits per heavy atom. The van der Waals surface area contributed by atoms with E-state index < -0.39 is 0 Å². The summed E-state index contributed by atoms with van der Waals surface area (Å²) >= 11 is 6.63. The summed E-state index contributed by atoms with van der Waals surface area (Å²) in [5.74, 6) is 5.90. The lowest BCUT2D eigenvalue weighted by atomic mass is 9.90. The standard InChI is InChI=1S/C41H44ClN7O3/c1-26-36(41(52)48(31-14-16-34(50)17-15-31)38-22-33(24-43)45(3)27(38)2)23-39(46(26)4)37-21-30(42)13-18-35(37)40(51)47-25-29-11-8-7-10-28(29)20-32(47)12-9-19-49(5,6)44/h7-8,10-11,13-18,21-23,32H,9,12,19-20,25,44H2,1-6H3/p+1/t32-/m1/s1. The van der Waals surface area contributed by atoms with Crippen LogP contribution < -0.4 is 10.7 Å². The van der Waals surface area contributed by atoms with Gasteiger partial charge in [-0.3, -0.25) is 19.1 Å². The number of carbonyl (C=O) groups is 2. The monoisotopic (exact) mass is 718 g/mol. The van der Waals surface area contributed by atoms with E-state index in [2.05, 4.69) is 18.2 Å². The van der Waals surface area contributed by atoms with E-state index >= 15 is 0 Å². The first kappa shape index (κ1) is 36.5. The van der Waals surface area contributed by atoms with Crippen LogP contribution in [-0.4, -0.2) is 62.2 Å². The van der Waals surface area contributed by atoms with Gasteiger partial charge in [0.15, 0.2) is 0 Å². The first-order valence-corrected chi connectivity index (χ1v) is 17.7. The van der Waals surface area contributed by atoms with Gasteiger partial charge in [0.1, 0.15) is 17.5 Å². The fourth-order valence-electron chi connectivity index (χ4n) is 7.17. The van der Waals surface area contributed by atoms with Crippen molar-refractivity contribution in [1.29, 1.82) is 5.26 Å². The Morgan fingerprint density at radius 3 is 2.31 bits per heavy atom. The predicted molar refractivity (Wildman–Crippen MR) is 204 cm³/mol. The number of carbonyl (C=O) groups excluding carboxylic acids is 2. The summed E-state index contributed by atoms with van der Waals surface area (Å²) < 4.78 is 4.01. The molecule has 3 N–H and O–H groups in total. The molecule has 268 valence electrons. The molecule has 2 amide bonds. The predicted octanol–water partition coefficient (Wildman–Crippen LogP) is 7.15. The smallest absolute Gasteiger partial charge is 0.264 e. The molecule has 0 bridgehead atoms. The summed E-state index contributed by atoms with van der Waals surface area (Å²) in [6.07, 6.45) is 2.43. The van der Waals surface area contributed by atoms with Crippen molar-refractivity contribution in [3.8, 4) is 23.1 Å². The molecule has 1 atom stereocenters. The van der Waals surface area contributed by atoms with Crippen LogP contribution in [0.25, 0.3) is 11.3 Å². The molecule has 3 aromatic carbocycles. The van der Waals surface area contributed by atoms with Gasteiger partial charge >= 0.3 is 0 Å². The van der Waals surface area contributed by atoms with Crippen LogP contribution in [0.2, 0.25) is 5.02 Å². The zero-order chi connectivity index (χ0) is 37.5. The fourth-order valence-corrected chi connectivity index (χ4v) is 7.34. The first-order valence-electron chi connectivity index (χ1n) is 17.3. The number of aromatic nitrogens is 2. The van der Waals surface area contributed by atoms with Crippen molar-refractivity contribution in [2.24, 2.45) is 19.9 Å². The maximum Gasteiger partial charge on any atom is 0.264 e. The van der Waals surface area contributed by atoms with Gasteiger partial charge in [-0.25, -0.2) is 0 Å². The molecule has 2 aromatic heterocycles. The molecule has 1 aliphatic heterocycles. The second-order valence-corrected chi connectivity index (χ2v) is 14.7. The van der Waals surface area contributed by atoms with E-state index in [1.54, 1.807) is 59.0 Å².